The molecule has 0 saturated carbocycles. The van der Waals surface area contributed by atoms with Gasteiger partial charge in [0, 0.05) is 12.6 Å². The van der Waals surface area contributed by atoms with Gasteiger partial charge in [0.15, 0.2) is 12.1 Å². The van der Waals surface area contributed by atoms with Gasteiger partial charge in [-0.2, -0.15) is 0 Å². The molecule has 0 spiro atoms. The van der Waals surface area contributed by atoms with Crippen molar-refractivity contribution in [2.45, 2.75) is 6.42 Å². The van der Waals surface area contributed by atoms with Crippen molar-refractivity contribution in [1.82, 2.24) is 10.1 Å². The van der Waals surface area contributed by atoms with Crippen molar-refractivity contribution in [3.05, 3.63) is 11.8 Å². The van der Waals surface area contributed by atoms with Gasteiger partial charge < -0.3 is 9.42 Å². The Kier molecular flexibility index (Phi) is 4.26. The van der Waals surface area contributed by atoms with E-state index >= 15 is 0 Å². The Hall–Kier alpha value is -1.40. The Labute approximate surface area is 88.6 Å². The summed E-state index contributed by atoms with van der Waals surface area (Å²) in [6.45, 7) is 1.62. The number of anilines is 1. The SMILES string of the molecule is CN(C)CCCN(N)c1cc(C=O)on1. The summed E-state index contributed by atoms with van der Waals surface area (Å²) in [6, 6.07) is 1.52. The minimum Gasteiger partial charge on any atom is -0.351 e. The Balaban J connectivity index is 2.39. The fourth-order valence-corrected chi connectivity index (χ4v) is 1.14. The average molecular weight is 212 g/mol. The fraction of sp³-hybridized carbons (Fsp3) is 0.556. The van der Waals surface area contributed by atoms with Gasteiger partial charge in [0.05, 0.1) is 0 Å². The highest BCUT2D eigenvalue weighted by atomic mass is 16.5. The normalized spacial score (nSPS) is 10.7. The molecule has 0 saturated heterocycles. The lowest BCUT2D eigenvalue weighted by Crippen LogP contribution is -2.33. The minimum atomic E-state index is 0.188. The predicted molar refractivity (Wildman–Crippen MR) is 56.6 cm³/mol. The Bertz CT molecular complexity index is 311. The van der Waals surface area contributed by atoms with Gasteiger partial charge in [0.25, 0.3) is 0 Å². The van der Waals surface area contributed by atoms with Crippen LogP contribution in [0.2, 0.25) is 0 Å². The monoisotopic (exact) mass is 212 g/mol. The fourth-order valence-electron chi connectivity index (χ4n) is 1.14. The quantitative estimate of drug-likeness (QED) is 0.410. The lowest BCUT2D eigenvalue weighted by molar-refractivity contribution is 0.109. The summed E-state index contributed by atoms with van der Waals surface area (Å²) in [7, 11) is 4.00. The standard InChI is InChI=1S/C9H16N4O2/c1-12(2)4-3-5-13(10)9-6-8(7-14)15-11-9/h6-7H,3-5,10H2,1-2H3. The number of hydrazine groups is 1. The van der Waals surface area contributed by atoms with Crippen molar-refractivity contribution < 1.29 is 9.32 Å². The van der Waals surface area contributed by atoms with E-state index in [-0.39, 0.29) is 5.76 Å². The number of carbonyl (C=O) groups is 1. The van der Waals surface area contributed by atoms with E-state index in [4.69, 9.17) is 10.4 Å². The highest BCUT2D eigenvalue weighted by Gasteiger charge is 2.08. The summed E-state index contributed by atoms with van der Waals surface area (Å²) in [5.74, 6) is 6.40. The number of aldehydes is 1. The van der Waals surface area contributed by atoms with Crippen LogP contribution in [0.4, 0.5) is 5.82 Å². The lowest BCUT2D eigenvalue weighted by Gasteiger charge is -2.16. The molecule has 0 unspecified atom stereocenters. The molecule has 0 aliphatic rings. The number of nitrogens with zero attached hydrogens (tertiary/aromatic N) is 3. The number of hydrogen-bond donors (Lipinski definition) is 1. The number of hydrogen-bond acceptors (Lipinski definition) is 6. The van der Waals surface area contributed by atoms with Gasteiger partial charge in [-0.15, -0.1) is 0 Å². The molecule has 6 heteroatoms. The lowest BCUT2D eigenvalue weighted by atomic mass is 10.4. The number of carbonyl (C=O) groups excluding carboxylic acids is 1. The molecular weight excluding hydrogens is 196 g/mol. The van der Waals surface area contributed by atoms with Crippen LogP contribution in [0.5, 0.6) is 0 Å². The van der Waals surface area contributed by atoms with E-state index in [0.717, 1.165) is 13.0 Å². The van der Waals surface area contributed by atoms with Crippen molar-refractivity contribution in [3.63, 3.8) is 0 Å². The molecule has 1 aromatic heterocycles. The number of aromatic nitrogens is 1. The van der Waals surface area contributed by atoms with Crippen LogP contribution in [0.15, 0.2) is 10.6 Å². The minimum absolute atomic E-state index is 0.188. The van der Waals surface area contributed by atoms with Gasteiger partial charge in [-0.3, -0.25) is 9.80 Å². The molecule has 1 heterocycles. The molecule has 1 rings (SSSR count). The van der Waals surface area contributed by atoms with Gasteiger partial charge in [-0.25, -0.2) is 5.84 Å². The first kappa shape index (κ1) is 11.7. The Morgan fingerprint density at radius 2 is 2.27 bits per heavy atom. The number of rotatable bonds is 6. The zero-order valence-corrected chi connectivity index (χ0v) is 9.01. The second-order valence-electron chi connectivity index (χ2n) is 3.56. The van der Waals surface area contributed by atoms with E-state index in [1.54, 1.807) is 0 Å². The first-order valence-electron chi connectivity index (χ1n) is 4.72. The maximum atomic E-state index is 10.3. The third kappa shape index (κ3) is 3.69. The van der Waals surface area contributed by atoms with E-state index in [9.17, 15) is 4.79 Å². The summed E-state index contributed by atoms with van der Waals surface area (Å²) in [4.78, 5) is 12.4. The van der Waals surface area contributed by atoms with Crippen LogP contribution < -0.4 is 10.9 Å². The third-order valence-corrected chi connectivity index (χ3v) is 1.93. The molecule has 15 heavy (non-hydrogen) atoms. The van der Waals surface area contributed by atoms with Crippen LogP contribution in [0.3, 0.4) is 0 Å². The Morgan fingerprint density at radius 3 is 2.80 bits per heavy atom. The largest absolute Gasteiger partial charge is 0.351 e. The molecule has 0 bridgehead atoms. The highest BCUT2D eigenvalue weighted by molar-refractivity contribution is 5.71. The molecule has 2 N–H and O–H groups in total. The first-order valence-corrected chi connectivity index (χ1v) is 4.72. The second kappa shape index (κ2) is 5.47. The predicted octanol–water partition coefficient (Wildman–Crippen LogP) is 0.119. The van der Waals surface area contributed by atoms with E-state index in [2.05, 4.69) is 10.1 Å². The second-order valence-corrected chi connectivity index (χ2v) is 3.56. The van der Waals surface area contributed by atoms with Crippen LogP contribution in [0.1, 0.15) is 17.0 Å². The Morgan fingerprint density at radius 1 is 1.53 bits per heavy atom. The van der Waals surface area contributed by atoms with E-state index in [1.807, 2.05) is 14.1 Å². The van der Waals surface area contributed by atoms with Crippen LogP contribution in [-0.4, -0.2) is 43.5 Å². The maximum Gasteiger partial charge on any atom is 0.201 e. The molecule has 0 amide bonds. The molecule has 6 nitrogen and oxygen atoms in total. The van der Waals surface area contributed by atoms with Crippen LogP contribution >= 0.6 is 0 Å². The van der Waals surface area contributed by atoms with E-state index in [0.29, 0.717) is 18.6 Å². The van der Waals surface area contributed by atoms with Crippen LogP contribution in [0.25, 0.3) is 0 Å². The van der Waals surface area contributed by atoms with Gasteiger partial charge in [0.2, 0.25) is 5.76 Å². The zero-order chi connectivity index (χ0) is 11.3. The van der Waals surface area contributed by atoms with Gasteiger partial charge >= 0.3 is 0 Å². The smallest absolute Gasteiger partial charge is 0.201 e. The van der Waals surface area contributed by atoms with Crippen molar-refractivity contribution >= 4 is 12.1 Å². The molecule has 1 aromatic rings. The molecule has 0 aliphatic heterocycles. The summed E-state index contributed by atoms with van der Waals surface area (Å²) < 4.78 is 4.71. The van der Waals surface area contributed by atoms with Gasteiger partial charge in [-0.05, 0) is 27.1 Å². The summed E-state index contributed by atoms with van der Waals surface area (Å²) in [5, 5.41) is 5.14. The number of nitrogens with two attached hydrogens (primary N) is 1. The van der Waals surface area contributed by atoms with Gasteiger partial charge in [-0.1, -0.05) is 5.16 Å². The van der Waals surface area contributed by atoms with E-state index in [1.165, 1.54) is 11.1 Å². The molecule has 0 aliphatic carbocycles. The van der Waals surface area contributed by atoms with E-state index < -0.39 is 0 Å². The van der Waals surface area contributed by atoms with Gasteiger partial charge in [0.1, 0.15) is 0 Å². The topological polar surface area (TPSA) is 75.6 Å². The molecule has 0 radical (unpaired) electrons. The summed E-state index contributed by atoms with van der Waals surface area (Å²) in [6.07, 6.45) is 1.52. The molecule has 0 atom stereocenters. The molecule has 0 aromatic carbocycles. The molecule has 84 valence electrons. The van der Waals surface area contributed by atoms with Crippen LogP contribution in [0, 0.1) is 0 Å². The maximum absolute atomic E-state index is 10.3. The van der Waals surface area contributed by atoms with Crippen molar-refractivity contribution in [2.75, 3.05) is 32.2 Å². The van der Waals surface area contributed by atoms with Crippen LogP contribution in [-0.2, 0) is 0 Å². The average Bonchev–Trinajstić information content (AvgIpc) is 2.65. The third-order valence-electron chi connectivity index (χ3n) is 1.93. The summed E-state index contributed by atoms with van der Waals surface area (Å²) in [5.41, 5.74) is 0. The first-order chi connectivity index (χ1) is 7.13. The zero-order valence-electron chi connectivity index (χ0n) is 9.01. The molecule has 0 fully saturated rings. The van der Waals surface area contributed by atoms with Crippen molar-refractivity contribution in [3.8, 4) is 0 Å². The molecular formula is C9H16N4O2. The highest BCUT2D eigenvalue weighted by Crippen LogP contribution is 2.09. The summed E-state index contributed by atoms with van der Waals surface area (Å²) >= 11 is 0. The van der Waals surface area contributed by atoms with Crippen molar-refractivity contribution in [1.29, 1.82) is 0 Å². The van der Waals surface area contributed by atoms with Crippen molar-refractivity contribution in [2.24, 2.45) is 5.84 Å².